The van der Waals surface area contributed by atoms with E-state index < -0.39 is 10.0 Å². The van der Waals surface area contributed by atoms with E-state index in [1.54, 1.807) is 6.20 Å². The molecule has 0 aromatic carbocycles. The van der Waals surface area contributed by atoms with Gasteiger partial charge in [0.1, 0.15) is 0 Å². The maximum absolute atomic E-state index is 12.6. The minimum atomic E-state index is -3.28. The lowest BCUT2D eigenvalue weighted by molar-refractivity contribution is 0.464. The van der Waals surface area contributed by atoms with Crippen LogP contribution in [0, 0.1) is 0 Å². The molecule has 2 saturated carbocycles. The number of hydrogen-bond acceptors (Lipinski definition) is 4. The minimum Gasteiger partial charge on any atom is -0.260 e. The molecule has 2 aromatic heterocycles. The molecule has 0 unspecified atom stereocenters. The minimum absolute atomic E-state index is 0.248. The summed E-state index contributed by atoms with van der Waals surface area (Å²) >= 11 is 0. The Morgan fingerprint density at radius 2 is 1.78 bits per heavy atom. The molecule has 2 aliphatic carbocycles. The monoisotopic (exact) mass is 388 g/mol. The first kappa shape index (κ1) is 18.6. The van der Waals surface area contributed by atoms with Gasteiger partial charge in [-0.15, -0.1) is 0 Å². The van der Waals surface area contributed by atoms with E-state index in [9.17, 15) is 8.42 Å². The van der Waals surface area contributed by atoms with Crippen LogP contribution in [0.4, 0.5) is 0 Å². The van der Waals surface area contributed by atoms with Crippen LogP contribution in [-0.2, 0) is 16.6 Å². The molecule has 0 amide bonds. The fourth-order valence-electron chi connectivity index (χ4n) is 4.33. The molecule has 146 valence electrons. The van der Waals surface area contributed by atoms with Crippen LogP contribution in [0.5, 0.6) is 0 Å². The van der Waals surface area contributed by atoms with E-state index in [2.05, 4.69) is 14.4 Å². The van der Waals surface area contributed by atoms with Gasteiger partial charge in [0, 0.05) is 6.20 Å². The van der Waals surface area contributed by atoms with Gasteiger partial charge in [-0.3, -0.25) is 9.67 Å². The van der Waals surface area contributed by atoms with Gasteiger partial charge in [-0.1, -0.05) is 38.2 Å². The molecule has 0 bridgehead atoms. The third kappa shape index (κ3) is 4.24. The zero-order chi connectivity index (χ0) is 18.7. The Labute approximate surface area is 161 Å². The topological polar surface area (TPSA) is 76.9 Å². The fraction of sp³-hybridized carbons (Fsp3) is 0.600. The second kappa shape index (κ2) is 8.10. The van der Waals surface area contributed by atoms with Gasteiger partial charge in [0.05, 0.1) is 34.9 Å². The van der Waals surface area contributed by atoms with Crippen molar-refractivity contribution in [3.8, 4) is 11.4 Å². The van der Waals surface area contributed by atoms with Gasteiger partial charge in [-0.05, 0) is 43.9 Å². The molecule has 0 radical (unpaired) electrons. The second-order valence-electron chi connectivity index (χ2n) is 7.74. The predicted octanol–water partition coefficient (Wildman–Crippen LogP) is 3.81. The fourth-order valence-corrected chi connectivity index (χ4v) is 5.87. The molecule has 0 saturated heterocycles. The predicted molar refractivity (Wildman–Crippen MR) is 106 cm³/mol. The van der Waals surface area contributed by atoms with Crippen LogP contribution < -0.4 is 4.72 Å². The van der Waals surface area contributed by atoms with Crippen LogP contribution in [-0.4, -0.2) is 28.4 Å². The van der Waals surface area contributed by atoms with Gasteiger partial charge >= 0.3 is 0 Å². The highest BCUT2D eigenvalue weighted by atomic mass is 32.2. The number of nitrogens with one attached hydrogen (secondary N) is 1. The van der Waals surface area contributed by atoms with Crippen LogP contribution in [0.15, 0.2) is 30.5 Å². The lowest BCUT2D eigenvalue weighted by Crippen LogP contribution is -2.35. The Morgan fingerprint density at radius 3 is 2.48 bits per heavy atom. The highest BCUT2D eigenvalue weighted by molar-refractivity contribution is 7.90. The molecule has 0 spiro atoms. The van der Waals surface area contributed by atoms with Crippen molar-refractivity contribution in [1.29, 1.82) is 0 Å². The van der Waals surface area contributed by atoms with Crippen molar-refractivity contribution in [2.75, 3.05) is 0 Å². The largest absolute Gasteiger partial charge is 0.260 e. The van der Waals surface area contributed by atoms with Gasteiger partial charge in [-0.25, -0.2) is 13.1 Å². The number of rotatable bonds is 6. The number of sulfonamides is 1. The third-order valence-electron chi connectivity index (χ3n) is 5.83. The number of pyridine rings is 1. The molecule has 27 heavy (non-hydrogen) atoms. The maximum Gasteiger partial charge on any atom is 0.214 e. The molecule has 0 atom stereocenters. The summed E-state index contributed by atoms with van der Waals surface area (Å²) in [5.74, 6) is 0. The van der Waals surface area contributed by atoms with Crippen LogP contribution >= 0.6 is 0 Å². The lowest BCUT2D eigenvalue weighted by Gasteiger charge is -2.21. The molecule has 0 aliphatic heterocycles. The maximum atomic E-state index is 12.6. The van der Waals surface area contributed by atoms with E-state index in [1.165, 1.54) is 12.8 Å². The number of nitrogens with zero attached hydrogens (tertiary/aromatic N) is 3. The third-order valence-corrected chi connectivity index (χ3v) is 7.73. The normalized spacial score (nSPS) is 19.6. The van der Waals surface area contributed by atoms with Crippen molar-refractivity contribution in [1.82, 2.24) is 19.5 Å². The Hall–Kier alpha value is -1.73. The van der Waals surface area contributed by atoms with Crippen molar-refractivity contribution >= 4 is 10.0 Å². The zero-order valence-corrected chi connectivity index (χ0v) is 16.5. The Bertz CT molecular complexity index is 851. The molecule has 2 fully saturated rings. The summed E-state index contributed by atoms with van der Waals surface area (Å²) in [7, 11) is -3.28. The van der Waals surface area contributed by atoms with Crippen LogP contribution in [0.25, 0.3) is 11.4 Å². The molecule has 2 aromatic rings. The summed E-state index contributed by atoms with van der Waals surface area (Å²) in [5, 5.41) is 4.52. The smallest absolute Gasteiger partial charge is 0.214 e. The van der Waals surface area contributed by atoms with E-state index in [4.69, 9.17) is 5.10 Å². The van der Waals surface area contributed by atoms with Crippen LogP contribution in [0.1, 0.15) is 69.5 Å². The van der Waals surface area contributed by atoms with E-state index in [-0.39, 0.29) is 11.8 Å². The van der Waals surface area contributed by atoms with Gasteiger partial charge in [-0.2, -0.15) is 5.10 Å². The molecular formula is C20H28N4O2S. The Kier molecular flexibility index (Phi) is 5.59. The average Bonchev–Trinajstić information content (AvgIpc) is 3.37. The zero-order valence-electron chi connectivity index (χ0n) is 15.7. The lowest BCUT2D eigenvalue weighted by atomic mass is 10.0. The molecule has 1 N–H and O–H groups in total. The van der Waals surface area contributed by atoms with E-state index in [0.717, 1.165) is 62.0 Å². The summed E-state index contributed by atoms with van der Waals surface area (Å²) < 4.78 is 30.1. The quantitative estimate of drug-likeness (QED) is 0.816. The molecule has 7 heteroatoms. The first-order valence-corrected chi connectivity index (χ1v) is 11.7. The summed E-state index contributed by atoms with van der Waals surface area (Å²) in [5.41, 5.74) is 2.63. The van der Waals surface area contributed by atoms with E-state index in [0.29, 0.717) is 6.04 Å². The van der Waals surface area contributed by atoms with Crippen molar-refractivity contribution in [2.45, 2.75) is 75.6 Å². The van der Waals surface area contributed by atoms with Crippen LogP contribution in [0.2, 0.25) is 0 Å². The second-order valence-corrected chi connectivity index (χ2v) is 9.79. The van der Waals surface area contributed by atoms with Crippen molar-refractivity contribution < 1.29 is 8.42 Å². The molecule has 4 rings (SSSR count). The van der Waals surface area contributed by atoms with Gasteiger partial charge in [0.25, 0.3) is 0 Å². The molecule has 6 nitrogen and oxygen atoms in total. The van der Waals surface area contributed by atoms with Crippen LogP contribution in [0.3, 0.4) is 0 Å². The van der Waals surface area contributed by atoms with Crippen molar-refractivity contribution in [3.63, 3.8) is 0 Å². The summed E-state index contributed by atoms with van der Waals surface area (Å²) in [6, 6.07) is 8.23. The standard InChI is InChI=1S/C20H28N4O2S/c25-27(26,18-10-2-1-3-11-18)22-15-16-14-20(19-12-6-7-13-21-19)24(23-16)17-8-4-5-9-17/h6-7,12-14,17-18,22H,1-5,8-11,15H2. The van der Waals surface area contributed by atoms with Gasteiger partial charge < -0.3 is 0 Å². The highest BCUT2D eigenvalue weighted by Gasteiger charge is 2.28. The number of hydrogen-bond donors (Lipinski definition) is 1. The first-order valence-electron chi connectivity index (χ1n) is 10.1. The SMILES string of the molecule is O=S(=O)(NCc1cc(-c2ccccn2)n(C2CCCC2)n1)C1CCCCC1. The highest BCUT2D eigenvalue weighted by Crippen LogP contribution is 2.33. The van der Waals surface area contributed by atoms with Crippen molar-refractivity contribution in [2.24, 2.45) is 0 Å². The van der Waals surface area contributed by atoms with E-state index >= 15 is 0 Å². The molecule has 2 aliphatic rings. The summed E-state index contributed by atoms with van der Waals surface area (Å²) in [6.45, 7) is 0.248. The molecule has 2 heterocycles. The van der Waals surface area contributed by atoms with E-state index in [1.807, 2.05) is 24.3 Å². The van der Waals surface area contributed by atoms with Gasteiger partial charge in [0.15, 0.2) is 0 Å². The average molecular weight is 389 g/mol. The number of aromatic nitrogens is 3. The van der Waals surface area contributed by atoms with Crippen molar-refractivity contribution in [3.05, 3.63) is 36.2 Å². The summed E-state index contributed by atoms with van der Waals surface area (Å²) in [6.07, 6.45) is 11.2. The Balaban J connectivity index is 1.54. The van der Waals surface area contributed by atoms with Gasteiger partial charge in [0.2, 0.25) is 10.0 Å². The first-order chi connectivity index (χ1) is 13.1. The Morgan fingerprint density at radius 1 is 1.04 bits per heavy atom. The molecular weight excluding hydrogens is 360 g/mol. The summed E-state index contributed by atoms with van der Waals surface area (Å²) in [4.78, 5) is 4.48.